The molecule has 92 valence electrons. The van der Waals surface area contributed by atoms with Gasteiger partial charge in [-0.3, -0.25) is 9.69 Å². The number of anilines is 1. The lowest BCUT2D eigenvalue weighted by Gasteiger charge is -2.31. The van der Waals surface area contributed by atoms with Gasteiger partial charge in [-0.15, -0.1) is 0 Å². The maximum absolute atomic E-state index is 11.6. The summed E-state index contributed by atoms with van der Waals surface area (Å²) in [7, 11) is 3.70. The standard InChI is InChI=1S/C12H18N4O/c1-13-11-4-3-10(7-14-11)8-16-6-5-15(2)12(17)9-16/h3-4,7H,5-6,8-9H2,1-2H3,(H,13,14). The van der Waals surface area contributed by atoms with Crippen LogP contribution in [0.1, 0.15) is 5.56 Å². The average Bonchev–Trinajstić information content (AvgIpc) is 2.35. The van der Waals surface area contributed by atoms with Gasteiger partial charge in [-0.2, -0.15) is 0 Å². The number of carbonyl (C=O) groups excluding carboxylic acids is 1. The Morgan fingerprint density at radius 3 is 2.82 bits per heavy atom. The van der Waals surface area contributed by atoms with Crippen LogP contribution in [-0.4, -0.2) is 54.4 Å². The molecule has 1 aliphatic rings. The van der Waals surface area contributed by atoms with Crippen molar-refractivity contribution < 1.29 is 4.79 Å². The molecule has 5 nitrogen and oxygen atoms in total. The van der Waals surface area contributed by atoms with Crippen LogP contribution in [0.4, 0.5) is 5.82 Å². The van der Waals surface area contributed by atoms with Gasteiger partial charge in [0, 0.05) is 39.9 Å². The van der Waals surface area contributed by atoms with Gasteiger partial charge in [0.2, 0.25) is 5.91 Å². The highest BCUT2D eigenvalue weighted by Crippen LogP contribution is 2.09. The monoisotopic (exact) mass is 234 g/mol. The van der Waals surface area contributed by atoms with E-state index >= 15 is 0 Å². The van der Waals surface area contributed by atoms with E-state index < -0.39 is 0 Å². The molecule has 0 bridgehead atoms. The summed E-state index contributed by atoms with van der Waals surface area (Å²) in [5, 5.41) is 2.99. The van der Waals surface area contributed by atoms with Crippen molar-refractivity contribution in [3.8, 4) is 0 Å². The first-order valence-corrected chi connectivity index (χ1v) is 5.78. The Balaban J connectivity index is 1.94. The van der Waals surface area contributed by atoms with Crippen LogP contribution in [-0.2, 0) is 11.3 Å². The van der Waals surface area contributed by atoms with Gasteiger partial charge >= 0.3 is 0 Å². The molecule has 5 heteroatoms. The number of pyridine rings is 1. The van der Waals surface area contributed by atoms with Gasteiger partial charge in [-0.1, -0.05) is 6.07 Å². The van der Waals surface area contributed by atoms with Gasteiger partial charge in [0.1, 0.15) is 5.82 Å². The molecule has 1 fully saturated rings. The van der Waals surface area contributed by atoms with Crippen LogP contribution in [0.3, 0.4) is 0 Å². The summed E-state index contributed by atoms with van der Waals surface area (Å²) >= 11 is 0. The highest BCUT2D eigenvalue weighted by Gasteiger charge is 2.20. The summed E-state index contributed by atoms with van der Waals surface area (Å²) in [5.74, 6) is 1.05. The summed E-state index contributed by atoms with van der Waals surface area (Å²) in [5.41, 5.74) is 1.14. The smallest absolute Gasteiger partial charge is 0.236 e. The third-order valence-corrected chi connectivity index (χ3v) is 3.02. The summed E-state index contributed by atoms with van der Waals surface area (Å²) in [4.78, 5) is 19.7. The minimum absolute atomic E-state index is 0.191. The van der Waals surface area contributed by atoms with Crippen molar-refractivity contribution in [3.63, 3.8) is 0 Å². The summed E-state index contributed by atoms with van der Waals surface area (Å²) in [6.45, 7) is 3.03. The first-order chi connectivity index (χ1) is 8.19. The zero-order valence-corrected chi connectivity index (χ0v) is 10.3. The van der Waals surface area contributed by atoms with Crippen LogP contribution < -0.4 is 5.32 Å². The molecule has 1 amide bonds. The Kier molecular flexibility index (Phi) is 3.58. The SMILES string of the molecule is CNc1ccc(CN2CCN(C)C(=O)C2)cn1. The number of amides is 1. The molecule has 1 aromatic heterocycles. The number of likely N-dealkylation sites (N-methyl/N-ethyl adjacent to an activating group) is 1. The van der Waals surface area contributed by atoms with Crippen molar-refractivity contribution in [2.75, 3.05) is 39.0 Å². The summed E-state index contributed by atoms with van der Waals surface area (Å²) in [6, 6.07) is 3.99. The molecule has 1 aromatic rings. The second-order valence-electron chi connectivity index (χ2n) is 4.33. The largest absolute Gasteiger partial charge is 0.373 e. The third kappa shape index (κ3) is 2.94. The van der Waals surface area contributed by atoms with Gasteiger partial charge in [0.25, 0.3) is 0 Å². The lowest BCUT2D eigenvalue weighted by molar-refractivity contribution is -0.134. The fourth-order valence-corrected chi connectivity index (χ4v) is 1.87. The van der Waals surface area contributed by atoms with Crippen molar-refractivity contribution in [2.24, 2.45) is 0 Å². The first-order valence-electron chi connectivity index (χ1n) is 5.78. The van der Waals surface area contributed by atoms with Crippen LogP contribution in [0.25, 0.3) is 0 Å². The molecule has 2 rings (SSSR count). The number of rotatable bonds is 3. The van der Waals surface area contributed by atoms with E-state index in [-0.39, 0.29) is 5.91 Å². The predicted octanol–water partition coefficient (Wildman–Crippen LogP) is 0.397. The lowest BCUT2D eigenvalue weighted by atomic mass is 10.2. The van der Waals surface area contributed by atoms with Crippen molar-refractivity contribution in [2.45, 2.75) is 6.54 Å². The van der Waals surface area contributed by atoms with Crippen LogP contribution in [0.15, 0.2) is 18.3 Å². The molecule has 1 aliphatic heterocycles. The van der Waals surface area contributed by atoms with Crippen LogP contribution >= 0.6 is 0 Å². The number of nitrogens with zero attached hydrogens (tertiary/aromatic N) is 3. The number of aromatic nitrogens is 1. The van der Waals surface area contributed by atoms with Crippen molar-refractivity contribution in [1.29, 1.82) is 0 Å². The van der Waals surface area contributed by atoms with E-state index in [1.54, 1.807) is 4.90 Å². The molecule has 0 unspecified atom stereocenters. The van der Waals surface area contributed by atoms with Gasteiger partial charge in [-0.05, 0) is 11.6 Å². The molecule has 1 N–H and O–H groups in total. The van der Waals surface area contributed by atoms with Gasteiger partial charge < -0.3 is 10.2 Å². The van der Waals surface area contributed by atoms with E-state index in [4.69, 9.17) is 0 Å². The maximum atomic E-state index is 11.6. The van der Waals surface area contributed by atoms with E-state index in [1.165, 1.54) is 0 Å². The molecule has 2 heterocycles. The number of hydrogen-bond donors (Lipinski definition) is 1. The van der Waals surface area contributed by atoms with Gasteiger partial charge in [0.05, 0.1) is 6.54 Å². The van der Waals surface area contributed by atoms with E-state index in [0.29, 0.717) is 6.54 Å². The van der Waals surface area contributed by atoms with E-state index in [0.717, 1.165) is 31.0 Å². The van der Waals surface area contributed by atoms with Gasteiger partial charge in [-0.25, -0.2) is 4.98 Å². The topological polar surface area (TPSA) is 48.5 Å². The fourth-order valence-electron chi connectivity index (χ4n) is 1.87. The molecule has 0 radical (unpaired) electrons. The number of piperazine rings is 1. The zero-order chi connectivity index (χ0) is 12.3. The van der Waals surface area contributed by atoms with Crippen molar-refractivity contribution in [3.05, 3.63) is 23.9 Å². The van der Waals surface area contributed by atoms with Crippen molar-refractivity contribution in [1.82, 2.24) is 14.8 Å². The molecule has 0 spiro atoms. The van der Waals surface area contributed by atoms with Crippen LogP contribution in [0.2, 0.25) is 0 Å². The summed E-state index contributed by atoms with van der Waals surface area (Å²) < 4.78 is 0. The minimum Gasteiger partial charge on any atom is -0.373 e. The lowest BCUT2D eigenvalue weighted by Crippen LogP contribution is -2.47. The second-order valence-corrected chi connectivity index (χ2v) is 4.33. The molecule has 0 atom stereocenters. The first kappa shape index (κ1) is 11.9. The Morgan fingerprint density at radius 2 is 2.24 bits per heavy atom. The third-order valence-electron chi connectivity index (χ3n) is 3.02. The Hall–Kier alpha value is -1.62. The molecule has 0 aliphatic carbocycles. The Labute approximate surface area is 101 Å². The highest BCUT2D eigenvalue weighted by molar-refractivity contribution is 5.78. The highest BCUT2D eigenvalue weighted by atomic mass is 16.2. The molecular weight excluding hydrogens is 216 g/mol. The zero-order valence-electron chi connectivity index (χ0n) is 10.3. The van der Waals surface area contributed by atoms with Gasteiger partial charge in [0.15, 0.2) is 0 Å². The Morgan fingerprint density at radius 1 is 1.41 bits per heavy atom. The summed E-state index contributed by atoms with van der Waals surface area (Å²) in [6.07, 6.45) is 1.86. The fraction of sp³-hybridized carbons (Fsp3) is 0.500. The molecule has 17 heavy (non-hydrogen) atoms. The predicted molar refractivity (Wildman–Crippen MR) is 66.7 cm³/mol. The van der Waals surface area contributed by atoms with Crippen LogP contribution in [0.5, 0.6) is 0 Å². The quantitative estimate of drug-likeness (QED) is 0.822. The van der Waals surface area contributed by atoms with Crippen LogP contribution in [0, 0.1) is 0 Å². The number of carbonyl (C=O) groups is 1. The molecular formula is C12H18N4O. The molecule has 0 saturated carbocycles. The Bertz CT molecular complexity index is 390. The normalized spacial score (nSPS) is 17.3. The second kappa shape index (κ2) is 5.14. The minimum atomic E-state index is 0.191. The molecule has 0 aromatic carbocycles. The number of hydrogen-bond acceptors (Lipinski definition) is 4. The average molecular weight is 234 g/mol. The molecule has 1 saturated heterocycles. The maximum Gasteiger partial charge on any atom is 0.236 e. The van der Waals surface area contributed by atoms with E-state index in [9.17, 15) is 4.79 Å². The van der Waals surface area contributed by atoms with Crippen molar-refractivity contribution >= 4 is 11.7 Å². The van der Waals surface area contributed by atoms with E-state index in [1.807, 2.05) is 32.4 Å². The number of nitrogens with one attached hydrogen (secondary N) is 1. The van der Waals surface area contributed by atoms with E-state index in [2.05, 4.69) is 15.2 Å².